The lowest BCUT2D eigenvalue weighted by Gasteiger charge is -2.15. The van der Waals surface area contributed by atoms with Gasteiger partial charge in [0.15, 0.2) is 0 Å². The van der Waals surface area contributed by atoms with Gasteiger partial charge in [-0.05, 0) is 11.6 Å². The lowest BCUT2D eigenvalue weighted by Crippen LogP contribution is -2.11. The number of methoxy groups -OCH3 is 1. The Kier molecular flexibility index (Phi) is 3.01. The average molecular weight is 182 g/mol. The highest BCUT2D eigenvalue weighted by atomic mass is 19.1. The monoisotopic (exact) mass is 182 g/mol. The minimum atomic E-state index is -0.364. The average Bonchev–Trinajstić information content (AvgIpc) is 2.13. The van der Waals surface area contributed by atoms with E-state index in [-0.39, 0.29) is 24.1 Å². The van der Waals surface area contributed by atoms with Gasteiger partial charge in [-0.2, -0.15) is 0 Å². The van der Waals surface area contributed by atoms with E-state index >= 15 is 0 Å². The molecule has 0 fully saturated rings. The molecular weight excluding hydrogens is 171 g/mol. The maximum Gasteiger partial charge on any atom is 0.306 e. The van der Waals surface area contributed by atoms with Gasteiger partial charge in [-0.3, -0.25) is 4.79 Å². The summed E-state index contributed by atoms with van der Waals surface area (Å²) in [5.74, 6) is -0.987. The summed E-state index contributed by atoms with van der Waals surface area (Å²) in [6.07, 6.45) is 4.79. The highest BCUT2D eigenvalue weighted by Crippen LogP contribution is 2.27. The van der Waals surface area contributed by atoms with Crippen molar-refractivity contribution < 1.29 is 13.9 Å². The van der Waals surface area contributed by atoms with Gasteiger partial charge in [-0.25, -0.2) is 4.39 Å². The first-order chi connectivity index (χ1) is 6.15. The summed E-state index contributed by atoms with van der Waals surface area (Å²) in [4.78, 5) is 10.9. The Morgan fingerprint density at radius 2 is 2.46 bits per heavy atom. The Morgan fingerprint density at radius 1 is 1.77 bits per heavy atom. The zero-order valence-electron chi connectivity index (χ0n) is 7.42. The smallest absolute Gasteiger partial charge is 0.306 e. The summed E-state index contributed by atoms with van der Waals surface area (Å²) in [6, 6.07) is 0. The Morgan fingerprint density at radius 3 is 3.08 bits per heavy atom. The molecule has 0 saturated carbocycles. The van der Waals surface area contributed by atoms with Gasteiger partial charge in [0.2, 0.25) is 0 Å². The fourth-order valence-corrected chi connectivity index (χ4v) is 1.13. The molecule has 0 saturated heterocycles. The molecule has 0 amide bonds. The molecule has 0 aliphatic heterocycles. The molecule has 0 N–H and O–H groups in total. The number of carbonyl (C=O) groups is 1. The summed E-state index contributed by atoms with van der Waals surface area (Å²) >= 11 is 0. The lowest BCUT2D eigenvalue weighted by molar-refractivity contribution is -0.141. The van der Waals surface area contributed by atoms with Crippen molar-refractivity contribution in [2.24, 2.45) is 5.92 Å². The normalized spacial score (nSPS) is 21.2. The quantitative estimate of drug-likeness (QED) is 0.611. The number of halogens is 1. The maximum atomic E-state index is 12.9. The van der Waals surface area contributed by atoms with Crippen molar-refractivity contribution in [2.45, 2.75) is 6.42 Å². The van der Waals surface area contributed by atoms with Crippen LogP contribution in [0.3, 0.4) is 0 Å². The van der Waals surface area contributed by atoms with Gasteiger partial charge in [-0.1, -0.05) is 18.7 Å². The molecule has 1 rings (SSSR count). The van der Waals surface area contributed by atoms with E-state index in [1.54, 1.807) is 12.2 Å². The second kappa shape index (κ2) is 4.03. The third kappa shape index (κ3) is 2.28. The molecule has 1 aliphatic carbocycles. The van der Waals surface area contributed by atoms with Crippen LogP contribution in [0.1, 0.15) is 6.42 Å². The van der Waals surface area contributed by atoms with E-state index in [1.807, 2.05) is 0 Å². The zero-order chi connectivity index (χ0) is 9.84. The van der Waals surface area contributed by atoms with Gasteiger partial charge in [0.1, 0.15) is 5.83 Å². The predicted octanol–water partition coefficient (Wildman–Crippen LogP) is 2.15. The van der Waals surface area contributed by atoms with Crippen LogP contribution in [0.5, 0.6) is 0 Å². The fourth-order valence-electron chi connectivity index (χ4n) is 1.13. The van der Waals surface area contributed by atoms with Gasteiger partial charge >= 0.3 is 5.97 Å². The molecule has 3 heteroatoms. The SMILES string of the molecule is C=C1C(F)=CC=CC1CC(=O)OC. The fraction of sp³-hybridized carbons (Fsp3) is 0.300. The van der Waals surface area contributed by atoms with E-state index in [0.29, 0.717) is 5.57 Å². The Bertz CT molecular complexity index is 289. The van der Waals surface area contributed by atoms with Gasteiger partial charge in [0.05, 0.1) is 13.5 Å². The van der Waals surface area contributed by atoms with E-state index in [2.05, 4.69) is 11.3 Å². The first kappa shape index (κ1) is 9.71. The number of hydrogen-bond donors (Lipinski definition) is 0. The van der Waals surface area contributed by atoms with E-state index in [9.17, 15) is 9.18 Å². The molecular formula is C10H11FO2. The van der Waals surface area contributed by atoms with Crippen LogP contribution < -0.4 is 0 Å². The van der Waals surface area contributed by atoms with E-state index in [0.717, 1.165) is 0 Å². The van der Waals surface area contributed by atoms with E-state index in [4.69, 9.17) is 0 Å². The zero-order valence-corrected chi connectivity index (χ0v) is 7.42. The van der Waals surface area contributed by atoms with Gasteiger partial charge in [0, 0.05) is 5.92 Å². The predicted molar refractivity (Wildman–Crippen MR) is 47.6 cm³/mol. The Balaban J connectivity index is 2.63. The Hall–Kier alpha value is -1.38. The van der Waals surface area contributed by atoms with E-state index in [1.165, 1.54) is 13.2 Å². The summed E-state index contributed by atoms with van der Waals surface area (Å²) in [6.45, 7) is 3.56. The van der Waals surface area contributed by atoms with Crippen molar-refractivity contribution in [1.29, 1.82) is 0 Å². The molecule has 1 aliphatic rings. The molecule has 1 unspecified atom stereocenters. The second-order valence-electron chi connectivity index (χ2n) is 2.81. The number of ether oxygens (including phenoxy) is 1. The van der Waals surface area contributed by atoms with Crippen LogP contribution in [-0.2, 0) is 9.53 Å². The number of hydrogen-bond acceptors (Lipinski definition) is 2. The summed E-state index contributed by atoms with van der Waals surface area (Å²) in [5, 5.41) is 0. The molecule has 0 heterocycles. The molecule has 70 valence electrons. The highest BCUT2D eigenvalue weighted by molar-refractivity contribution is 5.70. The number of allylic oxidation sites excluding steroid dienone is 5. The van der Waals surface area contributed by atoms with Crippen molar-refractivity contribution in [2.75, 3.05) is 7.11 Å². The molecule has 13 heavy (non-hydrogen) atoms. The van der Waals surface area contributed by atoms with Gasteiger partial charge in [-0.15, -0.1) is 0 Å². The molecule has 0 aromatic rings. The van der Waals surface area contributed by atoms with Gasteiger partial charge in [0.25, 0.3) is 0 Å². The van der Waals surface area contributed by atoms with Crippen LogP contribution in [0.15, 0.2) is 36.2 Å². The van der Waals surface area contributed by atoms with Crippen LogP contribution in [0, 0.1) is 5.92 Å². The van der Waals surface area contributed by atoms with Crippen LogP contribution >= 0.6 is 0 Å². The number of esters is 1. The van der Waals surface area contributed by atoms with Crippen molar-refractivity contribution in [3.05, 3.63) is 36.2 Å². The topological polar surface area (TPSA) is 26.3 Å². The van der Waals surface area contributed by atoms with Crippen LogP contribution in [0.25, 0.3) is 0 Å². The van der Waals surface area contributed by atoms with Crippen molar-refractivity contribution in [3.63, 3.8) is 0 Å². The highest BCUT2D eigenvalue weighted by Gasteiger charge is 2.19. The largest absolute Gasteiger partial charge is 0.469 e. The first-order valence-electron chi connectivity index (χ1n) is 3.95. The van der Waals surface area contributed by atoms with Crippen LogP contribution in [0.2, 0.25) is 0 Å². The molecule has 0 aromatic heterocycles. The molecule has 0 aromatic carbocycles. The molecule has 1 atom stereocenters. The Labute approximate surface area is 76.4 Å². The molecule has 0 radical (unpaired) electrons. The first-order valence-corrected chi connectivity index (χ1v) is 3.95. The minimum Gasteiger partial charge on any atom is -0.469 e. The van der Waals surface area contributed by atoms with Crippen LogP contribution in [0.4, 0.5) is 4.39 Å². The van der Waals surface area contributed by atoms with Crippen LogP contribution in [-0.4, -0.2) is 13.1 Å². The summed E-state index contributed by atoms with van der Waals surface area (Å²) < 4.78 is 17.4. The van der Waals surface area contributed by atoms with Gasteiger partial charge < -0.3 is 4.74 Å². The van der Waals surface area contributed by atoms with E-state index < -0.39 is 0 Å². The van der Waals surface area contributed by atoms with Crippen molar-refractivity contribution >= 4 is 5.97 Å². The third-order valence-electron chi connectivity index (χ3n) is 1.95. The third-order valence-corrected chi connectivity index (χ3v) is 1.95. The number of rotatable bonds is 2. The molecule has 0 bridgehead atoms. The summed E-state index contributed by atoms with van der Waals surface area (Å²) in [5.41, 5.74) is 0.341. The van der Waals surface area contributed by atoms with Crippen molar-refractivity contribution in [1.82, 2.24) is 0 Å². The molecule has 2 nitrogen and oxygen atoms in total. The lowest BCUT2D eigenvalue weighted by atomic mass is 9.92. The maximum absolute atomic E-state index is 12.9. The summed E-state index contributed by atoms with van der Waals surface area (Å²) in [7, 11) is 1.31. The standard InChI is InChI=1S/C10H11FO2/c1-7-8(6-10(12)13-2)4-3-5-9(7)11/h3-5,8H,1,6H2,2H3. The second-order valence-corrected chi connectivity index (χ2v) is 2.81. The van der Waals surface area contributed by atoms with Crippen molar-refractivity contribution in [3.8, 4) is 0 Å². The number of carbonyl (C=O) groups excluding carboxylic acids is 1. The molecule has 0 spiro atoms. The minimum absolute atomic E-state index is 0.146.